The van der Waals surface area contributed by atoms with Gasteiger partial charge >= 0.3 is 0 Å². The maximum atomic E-state index is 2.63. The van der Waals surface area contributed by atoms with Crippen LogP contribution in [0.15, 0.2) is 200 Å². The molecule has 0 amide bonds. The minimum Gasteiger partial charge on any atom is -0.309 e. The standard InChI is InChI=1S/C88H87BN4/c1-52-37-54(3)83(55(4)38-52)89(84-56(5)39-53(2)40-57(84)6)62-45-65(92-77-35-31-60(87(13,14)15)43-69(77)73-48-79-71(50-81(73)92)67-41-58(85(7,8)9)29-33-75(67)90(79)63-25-21-19-22-26-63)47-66(46-62)93-78-36-32-61(88(16,17)18)44-70(78)74-49-80-72(51-82(74)93)68-42-59(86(10,11)12)30-34-76(68)91(80)64-27-23-20-24-28-64/h19-51H,1-18H3. The number of benzene rings is 11. The molecule has 0 N–H and O–H groups in total. The number of aromatic nitrogens is 4. The van der Waals surface area contributed by atoms with Gasteiger partial charge in [-0.3, -0.25) is 0 Å². The van der Waals surface area contributed by atoms with Gasteiger partial charge in [0.25, 0.3) is 0 Å². The topological polar surface area (TPSA) is 19.7 Å². The Morgan fingerprint density at radius 1 is 0.237 bits per heavy atom. The van der Waals surface area contributed by atoms with Crippen molar-refractivity contribution in [3.63, 3.8) is 0 Å². The maximum absolute atomic E-state index is 2.63. The number of fused-ring (bicyclic) bond motifs is 12. The number of rotatable bonds is 7. The molecule has 11 aromatic carbocycles. The van der Waals surface area contributed by atoms with E-state index in [0.29, 0.717) is 0 Å². The van der Waals surface area contributed by atoms with Crippen LogP contribution in [-0.4, -0.2) is 25.0 Å². The Morgan fingerprint density at radius 2 is 0.484 bits per heavy atom. The molecule has 0 bridgehead atoms. The molecule has 4 heterocycles. The van der Waals surface area contributed by atoms with E-state index in [1.807, 2.05) is 0 Å². The number of hydrogen-bond donors (Lipinski definition) is 0. The molecule has 5 heteroatoms. The summed E-state index contributed by atoms with van der Waals surface area (Å²) in [6, 6.07) is 78.4. The molecular weight excluding hydrogens is 1120 g/mol. The van der Waals surface area contributed by atoms with Crippen LogP contribution in [0.25, 0.3) is 110 Å². The summed E-state index contributed by atoms with van der Waals surface area (Å²) in [4.78, 5) is 0. The van der Waals surface area contributed by atoms with Crippen LogP contribution >= 0.6 is 0 Å². The van der Waals surface area contributed by atoms with E-state index < -0.39 is 0 Å². The molecule has 15 rings (SSSR count). The van der Waals surface area contributed by atoms with E-state index in [1.54, 1.807) is 0 Å². The Balaban J connectivity index is 1.14. The predicted molar refractivity (Wildman–Crippen MR) is 405 cm³/mol. The summed E-state index contributed by atoms with van der Waals surface area (Å²) in [7, 11) is 0. The van der Waals surface area contributed by atoms with Gasteiger partial charge in [-0.15, -0.1) is 0 Å². The summed E-state index contributed by atoms with van der Waals surface area (Å²) in [5.41, 5.74) is 30.9. The highest BCUT2D eigenvalue weighted by Gasteiger charge is 2.32. The van der Waals surface area contributed by atoms with E-state index in [1.165, 1.54) is 159 Å². The first kappa shape index (κ1) is 60.0. The third-order valence-corrected chi connectivity index (χ3v) is 20.6. The largest absolute Gasteiger partial charge is 0.309 e. The molecule has 0 aliphatic rings. The second-order valence-corrected chi connectivity index (χ2v) is 31.6. The fraction of sp³-hybridized carbons (Fsp3) is 0.250. The lowest BCUT2D eigenvalue weighted by Crippen LogP contribution is -2.56. The van der Waals surface area contributed by atoms with Gasteiger partial charge < -0.3 is 18.3 Å². The molecule has 4 nitrogen and oxygen atoms in total. The zero-order chi connectivity index (χ0) is 65.3. The van der Waals surface area contributed by atoms with Crippen LogP contribution in [0.4, 0.5) is 0 Å². The third-order valence-electron chi connectivity index (χ3n) is 20.6. The lowest BCUT2D eigenvalue weighted by atomic mass is 9.34. The van der Waals surface area contributed by atoms with Gasteiger partial charge in [-0.25, -0.2) is 0 Å². The number of nitrogens with zero attached hydrogens (tertiary/aromatic N) is 4. The zero-order valence-corrected chi connectivity index (χ0v) is 57.9. The summed E-state index contributed by atoms with van der Waals surface area (Å²) >= 11 is 0. The van der Waals surface area contributed by atoms with Crippen molar-refractivity contribution in [2.75, 3.05) is 0 Å². The summed E-state index contributed by atoms with van der Waals surface area (Å²) in [5.74, 6) is 0. The lowest BCUT2D eigenvalue weighted by Gasteiger charge is -2.26. The number of hydrogen-bond acceptors (Lipinski definition) is 0. The molecule has 0 fully saturated rings. The molecule has 0 saturated heterocycles. The third kappa shape index (κ3) is 9.77. The van der Waals surface area contributed by atoms with Gasteiger partial charge in [0, 0.05) is 65.8 Å². The van der Waals surface area contributed by atoms with Gasteiger partial charge in [0.2, 0.25) is 6.71 Å². The molecule has 462 valence electrons. The van der Waals surface area contributed by atoms with Gasteiger partial charge in [0.15, 0.2) is 0 Å². The van der Waals surface area contributed by atoms with Crippen LogP contribution in [0.1, 0.15) is 139 Å². The average molecular weight is 1210 g/mol. The van der Waals surface area contributed by atoms with Crippen molar-refractivity contribution in [3.05, 3.63) is 256 Å². The molecule has 93 heavy (non-hydrogen) atoms. The Bertz CT molecular complexity index is 5200. The molecular formula is C88H87BN4. The molecule has 0 atom stereocenters. The van der Waals surface area contributed by atoms with Crippen LogP contribution < -0.4 is 16.4 Å². The fourth-order valence-electron chi connectivity index (χ4n) is 16.0. The number of aryl methyl sites for hydroxylation is 6. The summed E-state index contributed by atoms with van der Waals surface area (Å²) in [5, 5.41) is 9.96. The Labute approximate surface area is 550 Å². The fourth-order valence-corrected chi connectivity index (χ4v) is 16.0. The monoisotopic (exact) mass is 1210 g/mol. The van der Waals surface area contributed by atoms with E-state index in [9.17, 15) is 0 Å². The Kier molecular flexibility index (Phi) is 13.6. The summed E-state index contributed by atoms with van der Waals surface area (Å²) in [6.45, 7) is 41.8. The van der Waals surface area contributed by atoms with Crippen molar-refractivity contribution in [1.82, 2.24) is 18.3 Å². The highest BCUT2D eigenvalue weighted by atomic mass is 15.0. The van der Waals surface area contributed by atoms with Crippen molar-refractivity contribution < 1.29 is 0 Å². The molecule has 0 spiro atoms. The van der Waals surface area contributed by atoms with Crippen LogP contribution in [0, 0.1) is 41.5 Å². The van der Waals surface area contributed by atoms with Crippen LogP contribution in [0.5, 0.6) is 0 Å². The van der Waals surface area contributed by atoms with Gasteiger partial charge in [0.1, 0.15) is 0 Å². The van der Waals surface area contributed by atoms with Crippen molar-refractivity contribution in [3.8, 4) is 22.7 Å². The summed E-state index contributed by atoms with van der Waals surface area (Å²) in [6.07, 6.45) is 0. The van der Waals surface area contributed by atoms with Gasteiger partial charge in [-0.05, 0) is 201 Å². The average Bonchev–Trinajstić information content (AvgIpc) is 1.57. The van der Waals surface area contributed by atoms with E-state index in [2.05, 4.69) is 343 Å². The highest BCUT2D eigenvalue weighted by molar-refractivity contribution is 6.96. The highest BCUT2D eigenvalue weighted by Crippen LogP contribution is 2.45. The lowest BCUT2D eigenvalue weighted by molar-refractivity contribution is 0.591. The molecule has 0 unspecified atom stereocenters. The van der Waals surface area contributed by atoms with Crippen molar-refractivity contribution in [2.24, 2.45) is 0 Å². The van der Waals surface area contributed by atoms with Crippen LogP contribution in [0.3, 0.4) is 0 Å². The minimum absolute atomic E-state index is 0.0470. The number of para-hydroxylation sites is 2. The van der Waals surface area contributed by atoms with Crippen LogP contribution in [0.2, 0.25) is 0 Å². The molecule has 0 aliphatic heterocycles. The van der Waals surface area contributed by atoms with Gasteiger partial charge in [-0.2, -0.15) is 0 Å². The normalized spacial score (nSPS) is 12.8. The molecule has 0 saturated carbocycles. The Hall–Kier alpha value is -9.32. The van der Waals surface area contributed by atoms with Crippen molar-refractivity contribution >= 4 is 110 Å². The Morgan fingerprint density at radius 3 is 0.742 bits per heavy atom. The molecule has 0 radical (unpaired) electrons. The quantitative estimate of drug-likeness (QED) is 0.142. The second-order valence-electron chi connectivity index (χ2n) is 31.6. The van der Waals surface area contributed by atoms with Crippen molar-refractivity contribution in [2.45, 2.75) is 146 Å². The van der Waals surface area contributed by atoms with Gasteiger partial charge in [-0.1, -0.05) is 218 Å². The van der Waals surface area contributed by atoms with E-state index >= 15 is 0 Å². The SMILES string of the molecule is Cc1cc(C)c(B(c2cc(-n3c4ccc(C(C)(C)C)cc4c4cc5c(cc43)c3cc(C(C)(C)C)ccc3n5-c3ccccc3)cc(-n3c4ccc(C(C)(C)C)cc4c4cc5c(cc43)c3cc(C(C)(C)C)ccc3n5-c3ccccc3)c2)c2c(C)cc(C)cc2C)c(C)c1. The van der Waals surface area contributed by atoms with Gasteiger partial charge in [0.05, 0.1) is 44.1 Å². The second kappa shape index (κ2) is 21.1. The van der Waals surface area contributed by atoms with E-state index in [4.69, 9.17) is 0 Å². The maximum Gasteiger partial charge on any atom is 0.242 e. The smallest absolute Gasteiger partial charge is 0.242 e. The van der Waals surface area contributed by atoms with Crippen molar-refractivity contribution in [1.29, 1.82) is 0 Å². The van der Waals surface area contributed by atoms with Crippen LogP contribution in [-0.2, 0) is 21.7 Å². The first-order valence-electron chi connectivity index (χ1n) is 33.7. The first-order chi connectivity index (χ1) is 44.1. The molecule has 15 aromatic rings. The summed E-state index contributed by atoms with van der Waals surface area (Å²) < 4.78 is 10.3. The first-order valence-corrected chi connectivity index (χ1v) is 33.7. The van der Waals surface area contributed by atoms with E-state index in [-0.39, 0.29) is 28.4 Å². The van der Waals surface area contributed by atoms with E-state index in [0.717, 1.165) is 22.7 Å². The molecule has 0 aliphatic carbocycles. The zero-order valence-electron chi connectivity index (χ0n) is 57.9. The predicted octanol–water partition coefficient (Wildman–Crippen LogP) is 21.6. The minimum atomic E-state index is -0.108. The molecule has 4 aromatic heterocycles.